The third-order valence-electron chi connectivity index (χ3n) is 4.35. The summed E-state index contributed by atoms with van der Waals surface area (Å²) in [7, 11) is -6.81. The van der Waals surface area contributed by atoms with Gasteiger partial charge in [0.2, 0.25) is 20.0 Å². The maximum atomic E-state index is 12.5. The summed E-state index contributed by atoms with van der Waals surface area (Å²) in [6.07, 6.45) is 0. The van der Waals surface area contributed by atoms with Crippen molar-refractivity contribution in [1.82, 2.24) is 19.9 Å². The molecule has 14 heteroatoms. The number of hydrogen-bond donors (Lipinski definition) is 3. The van der Waals surface area contributed by atoms with Gasteiger partial charge in [-0.25, -0.2) is 16.8 Å². The van der Waals surface area contributed by atoms with Crippen LogP contribution in [0.3, 0.4) is 0 Å². The van der Waals surface area contributed by atoms with Gasteiger partial charge in [0.15, 0.2) is 0 Å². The van der Waals surface area contributed by atoms with Crippen LogP contribution in [-0.2, 0) is 29.6 Å². The molecule has 0 unspecified atom stereocenters. The highest BCUT2D eigenvalue weighted by Gasteiger charge is 2.25. The van der Waals surface area contributed by atoms with Gasteiger partial charge < -0.3 is 0 Å². The number of nitrogens with one attached hydrogen (secondary N) is 3. The van der Waals surface area contributed by atoms with E-state index in [1.165, 1.54) is 38.2 Å². The summed E-state index contributed by atoms with van der Waals surface area (Å²) < 4.78 is 52.8. The van der Waals surface area contributed by atoms with Crippen LogP contribution in [0.2, 0.25) is 10.0 Å². The standard InChI is InChI=1S/C19H22Cl2N4O6S2/c1-12-4-6-14(7-5-12)33(30,31)25(3)11-18(26)22-23-19(27)13(2)24-32(28,29)15-8-9-16(20)17(21)10-15/h4-10,13,24H,11H2,1-3H3,(H,22,26)(H,23,27)/t13-/m1/s1. The summed E-state index contributed by atoms with van der Waals surface area (Å²) >= 11 is 11.6. The first-order chi connectivity index (χ1) is 15.2. The molecular formula is C19H22Cl2N4O6S2. The van der Waals surface area contributed by atoms with E-state index in [0.717, 1.165) is 15.9 Å². The van der Waals surface area contributed by atoms with Crippen LogP contribution in [0.4, 0.5) is 0 Å². The van der Waals surface area contributed by atoms with Gasteiger partial charge in [-0.2, -0.15) is 9.03 Å². The molecule has 0 aliphatic carbocycles. The largest absolute Gasteiger partial charge is 0.272 e. The Kier molecular flexibility index (Phi) is 8.85. The Hall–Kier alpha value is -2.22. The zero-order valence-electron chi connectivity index (χ0n) is 17.8. The summed E-state index contributed by atoms with van der Waals surface area (Å²) in [5.74, 6) is -1.71. The molecule has 2 amide bonds. The fraction of sp³-hybridized carbons (Fsp3) is 0.263. The molecule has 0 aliphatic rings. The Morgan fingerprint density at radius 2 is 1.52 bits per heavy atom. The van der Waals surface area contributed by atoms with Crippen molar-refractivity contribution in [2.24, 2.45) is 0 Å². The monoisotopic (exact) mass is 536 g/mol. The molecule has 3 N–H and O–H groups in total. The van der Waals surface area contributed by atoms with Crippen molar-refractivity contribution in [2.75, 3.05) is 13.6 Å². The number of rotatable bonds is 8. The minimum absolute atomic E-state index is 0.0118. The number of aryl methyl sites for hydroxylation is 1. The van der Waals surface area contributed by atoms with Gasteiger partial charge >= 0.3 is 0 Å². The Bertz CT molecular complexity index is 1250. The van der Waals surface area contributed by atoms with Crippen molar-refractivity contribution in [3.63, 3.8) is 0 Å². The van der Waals surface area contributed by atoms with Crippen LogP contribution in [-0.4, -0.2) is 52.6 Å². The number of sulfonamides is 2. The Morgan fingerprint density at radius 1 is 0.939 bits per heavy atom. The van der Waals surface area contributed by atoms with E-state index in [1.54, 1.807) is 12.1 Å². The smallest absolute Gasteiger partial charge is 0.256 e. The lowest BCUT2D eigenvalue weighted by Gasteiger charge is -2.18. The molecule has 0 spiro atoms. The second-order valence-corrected chi connectivity index (χ2v) is 11.6. The zero-order valence-corrected chi connectivity index (χ0v) is 20.9. The van der Waals surface area contributed by atoms with Crippen molar-refractivity contribution >= 4 is 55.1 Å². The van der Waals surface area contributed by atoms with Crippen LogP contribution >= 0.6 is 23.2 Å². The van der Waals surface area contributed by atoms with Gasteiger partial charge in [-0.15, -0.1) is 0 Å². The van der Waals surface area contributed by atoms with E-state index in [4.69, 9.17) is 23.2 Å². The molecule has 33 heavy (non-hydrogen) atoms. The van der Waals surface area contributed by atoms with Crippen LogP contribution in [0.15, 0.2) is 52.3 Å². The van der Waals surface area contributed by atoms with Crippen molar-refractivity contribution < 1.29 is 26.4 Å². The highest BCUT2D eigenvalue weighted by molar-refractivity contribution is 7.89. The van der Waals surface area contributed by atoms with Crippen molar-refractivity contribution in [2.45, 2.75) is 29.7 Å². The van der Waals surface area contributed by atoms with E-state index in [1.807, 2.05) is 12.3 Å². The number of amides is 2. The van der Waals surface area contributed by atoms with Crippen LogP contribution in [0.25, 0.3) is 0 Å². The van der Waals surface area contributed by atoms with Crippen molar-refractivity contribution in [3.05, 3.63) is 58.1 Å². The van der Waals surface area contributed by atoms with E-state index >= 15 is 0 Å². The van der Waals surface area contributed by atoms with Gasteiger partial charge in [-0.3, -0.25) is 20.4 Å². The predicted octanol–water partition coefficient (Wildman–Crippen LogP) is 1.44. The van der Waals surface area contributed by atoms with Crippen LogP contribution in [0, 0.1) is 6.92 Å². The van der Waals surface area contributed by atoms with Gasteiger partial charge in [0.1, 0.15) is 0 Å². The second-order valence-electron chi connectivity index (χ2n) is 7.03. The third-order valence-corrected chi connectivity index (χ3v) is 8.44. The maximum Gasteiger partial charge on any atom is 0.256 e. The topological polar surface area (TPSA) is 142 Å². The molecule has 2 aromatic rings. The van der Waals surface area contributed by atoms with Gasteiger partial charge in [0.05, 0.1) is 32.4 Å². The Morgan fingerprint density at radius 3 is 2.09 bits per heavy atom. The molecular weight excluding hydrogens is 515 g/mol. The van der Waals surface area contributed by atoms with Crippen molar-refractivity contribution in [3.8, 4) is 0 Å². The predicted molar refractivity (Wildman–Crippen MR) is 124 cm³/mol. The minimum atomic E-state index is -4.11. The molecule has 0 heterocycles. The molecule has 0 radical (unpaired) electrons. The van der Waals surface area contributed by atoms with Gasteiger partial charge in [-0.05, 0) is 44.2 Å². The first kappa shape index (κ1) is 27.0. The van der Waals surface area contributed by atoms with Gasteiger partial charge in [0, 0.05) is 7.05 Å². The summed E-state index contributed by atoms with van der Waals surface area (Å²) in [6, 6.07) is 8.45. The lowest BCUT2D eigenvalue weighted by atomic mass is 10.2. The number of nitrogens with zero attached hydrogens (tertiary/aromatic N) is 1. The maximum absolute atomic E-state index is 12.5. The molecule has 180 valence electrons. The van der Waals surface area contributed by atoms with Crippen LogP contribution in [0.5, 0.6) is 0 Å². The quantitative estimate of drug-likeness (QED) is 0.435. The van der Waals surface area contributed by atoms with Crippen LogP contribution in [0.1, 0.15) is 12.5 Å². The second kappa shape index (κ2) is 10.8. The highest BCUT2D eigenvalue weighted by Crippen LogP contribution is 2.24. The van der Waals surface area contributed by atoms with Crippen molar-refractivity contribution in [1.29, 1.82) is 0 Å². The third kappa shape index (κ3) is 7.13. The first-order valence-corrected chi connectivity index (χ1v) is 13.0. The number of hydrogen-bond acceptors (Lipinski definition) is 6. The number of benzene rings is 2. The first-order valence-electron chi connectivity index (χ1n) is 9.33. The summed E-state index contributed by atoms with van der Waals surface area (Å²) in [6.45, 7) is 2.48. The molecule has 1 atom stereocenters. The number of halogens is 2. The summed E-state index contributed by atoms with van der Waals surface area (Å²) in [5.41, 5.74) is 4.97. The minimum Gasteiger partial charge on any atom is -0.272 e. The molecule has 0 saturated carbocycles. The number of carbonyl (C=O) groups is 2. The molecule has 0 aromatic heterocycles. The number of likely N-dealkylation sites (N-methyl/N-ethyl adjacent to an activating group) is 1. The SMILES string of the molecule is Cc1ccc(S(=O)(=O)N(C)CC(=O)NNC(=O)[C@@H](C)NS(=O)(=O)c2ccc(Cl)c(Cl)c2)cc1. The molecule has 10 nitrogen and oxygen atoms in total. The van der Waals surface area contributed by atoms with Gasteiger partial charge in [-0.1, -0.05) is 40.9 Å². The Labute approximate surface area is 202 Å². The molecule has 0 aliphatic heterocycles. The van der Waals surface area contributed by atoms with E-state index in [0.29, 0.717) is 0 Å². The molecule has 0 bridgehead atoms. The van der Waals surface area contributed by atoms with Crippen LogP contribution < -0.4 is 15.6 Å². The zero-order chi connectivity index (χ0) is 25.0. The Balaban J connectivity index is 1.93. The lowest BCUT2D eigenvalue weighted by Crippen LogP contribution is -2.52. The fourth-order valence-corrected chi connectivity index (χ4v) is 5.17. The van der Waals surface area contributed by atoms with E-state index in [-0.39, 0.29) is 19.8 Å². The fourth-order valence-electron chi connectivity index (χ4n) is 2.45. The molecule has 2 aromatic carbocycles. The van der Waals surface area contributed by atoms with E-state index < -0.39 is 44.4 Å². The molecule has 0 saturated heterocycles. The molecule has 0 fully saturated rings. The average molecular weight is 537 g/mol. The summed E-state index contributed by atoms with van der Waals surface area (Å²) in [4.78, 5) is 24.1. The lowest BCUT2D eigenvalue weighted by molar-refractivity contribution is -0.129. The molecule has 2 rings (SSSR count). The van der Waals surface area contributed by atoms with Gasteiger partial charge in [0.25, 0.3) is 11.8 Å². The summed E-state index contributed by atoms with van der Waals surface area (Å²) in [5, 5.41) is 0.187. The average Bonchev–Trinajstić information content (AvgIpc) is 2.73. The number of carbonyl (C=O) groups excluding carboxylic acids is 2. The normalized spacial score (nSPS) is 12.9. The van der Waals surface area contributed by atoms with E-state index in [2.05, 4.69) is 10.1 Å². The highest BCUT2D eigenvalue weighted by atomic mass is 35.5. The van der Waals surface area contributed by atoms with E-state index in [9.17, 15) is 26.4 Å². The number of hydrazine groups is 1.